The minimum absolute atomic E-state index is 0.0551. The van der Waals surface area contributed by atoms with E-state index in [1.807, 2.05) is 0 Å². The molecule has 0 atom stereocenters. The molecule has 25 heavy (non-hydrogen) atoms. The molecule has 0 aliphatic heterocycles. The lowest BCUT2D eigenvalue weighted by Gasteiger charge is -2.10. The smallest absolute Gasteiger partial charge is 0.355 e. The summed E-state index contributed by atoms with van der Waals surface area (Å²) < 4.78 is 37.4. The number of alkyl halides is 3. The lowest BCUT2D eigenvalue weighted by Crippen LogP contribution is -2.22. The molecule has 0 saturated carbocycles. The van der Waals surface area contributed by atoms with E-state index in [0.717, 1.165) is 24.0 Å². The molecule has 1 aromatic heterocycles. The van der Waals surface area contributed by atoms with Crippen molar-refractivity contribution in [3.63, 3.8) is 0 Å². The summed E-state index contributed by atoms with van der Waals surface area (Å²) in [7, 11) is 1.48. The van der Waals surface area contributed by atoms with E-state index in [-0.39, 0.29) is 11.7 Å². The van der Waals surface area contributed by atoms with Crippen LogP contribution in [0.1, 0.15) is 15.9 Å². The van der Waals surface area contributed by atoms with Gasteiger partial charge in [-0.1, -0.05) is 23.9 Å². The highest BCUT2D eigenvalue weighted by Gasteiger charge is 2.30. The predicted molar refractivity (Wildman–Crippen MR) is 88.4 cm³/mol. The third-order valence-corrected chi connectivity index (χ3v) is 4.03. The summed E-state index contributed by atoms with van der Waals surface area (Å²) >= 11 is 0.996. The number of aromatic nitrogens is 1. The van der Waals surface area contributed by atoms with Crippen LogP contribution in [0.4, 0.5) is 18.9 Å². The molecule has 0 saturated heterocycles. The van der Waals surface area contributed by atoms with E-state index >= 15 is 0 Å². The van der Waals surface area contributed by atoms with Crippen molar-refractivity contribution in [3.8, 4) is 0 Å². The molecular formula is C16H14F3N3O2S. The van der Waals surface area contributed by atoms with Crippen LogP contribution in [0.15, 0.2) is 47.6 Å². The van der Waals surface area contributed by atoms with Crippen molar-refractivity contribution in [3.05, 3.63) is 53.7 Å². The van der Waals surface area contributed by atoms with Crippen molar-refractivity contribution in [2.75, 3.05) is 18.1 Å². The van der Waals surface area contributed by atoms with Crippen LogP contribution < -0.4 is 10.6 Å². The topological polar surface area (TPSA) is 71.1 Å². The Morgan fingerprint density at radius 1 is 1.16 bits per heavy atom. The molecule has 132 valence electrons. The number of hydrogen-bond donors (Lipinski definition) is 2. The van der Waals surface area contributed by atoms with Gasteiger partial charge in [0.05, 0.1) is 27.6 Å². The highest BCUT2D eigenvalue weighted by atomic mass is 32.2. The highest BCUT2D eigenvalue weighted by molar-refractivity contribution is 7.99. The molecule has 9 heteroatoms. The average molecular weight is 369 g/mol. The van der Waals surface area contributed by atoms with Crippen molar-refractivity contribution in [2.24, 2.45) is 0 Å². The summed E-state index contributed by atoms with van der Waals surface area (Å²) in [6, 6.07) is 8.61. The third-order valence-electron chi connectivity index (χ3n) is 3.09. The van der Waals surface area contributed by atoms with Crippen molar-refractivity contribution in [1.29, 1.82) is 0 Å². The Morgan fingerprint density at radius 2 is 1.88 bits per heavy atom. The van der Waals surface area contributed by atoms with Gasteiger partial charge in [0.15, 0.2) is 0 Å². The monoisotopic (exact) mass is 369 g/mol. The van der Waals surface area contributed by atoms with Gasteiger partial charge < -0.3 is 10.6 Å². The van der Waals surface area contributed by atoms with Gasteiger partial charge in [0.25, 0.3) is 5.91 Å². The van der Waals surface area contributed by atoms with E-state index in [2.05, 4.69) is 15.6 Å². The number of hydrogen-bond acceptors (Lipinski definition) is 4. The zero-order valence-corrected chi connectivity index (χ0v) is 13.9. The predicted octanol–water partition coefficient (Wildman–Crippen LogP) is 3.19. The van der Waals surface area contributed by atoms with Crippen molar-refractivity contribution in [1.82, 2.24) is 10.3 Å². The number of thioether (sulfide) groups is 1. The summed E-state index contributed by atoms with van der Waals surface area (Å²) in [5.74, 6) is -0.795. The first-order chi connectivity index (χ1) is 11.8. The number of halogens is 3. The number of nitrogens with zero attached hydrogens (tertiary/aromatic N) is 1. The minimum Gasteiger partial charge on any atom is -0.355 e. The van der Waals surface area contributed by atoms with E-state index in [0.29, 0.717) is 16.3 Å². The molecular weight excluding hydrogens is 355 g/mol. The lowest BCUT2D eigenvalue weighted by atomic mass is 10.1. The lowest BCUT2D eigenvalue weighted by molar-refractivity contribution is -0.137. The van der Waals surface area contributed by atoms with Crippen molar-refractivity contribution >= 4 is 29.3 Å². The van der Waals surface area contributed by atoms with Crippen LogP contribution in [-0.2, 0) is 11.0 Å². The Kier molecular flexibility index (Phi) is 6.02. The molecule has 0 radical (unpaired) electrons. The number of anilines is 1. The third kappa shape index (κ3) is 5.21. The summed E-state index contributed by atoms with van der Waals surface area (Å²) in [5.41, 5.74) is -0.176. The second-order valence-electron chi connectivity index (χ2n) is 4.84. The molecule has 0 unspecified atom stereocenters. The van der Waals surface area contributed by atoms with E-state index in [1.54, 1.807) is 24.3 Å². The Labute approximate surface area is 146 Å². The van der Waals surface area contributed by atoms with E-state index in [1.165, 1.54) is 13.1 Å². The van der Waals surface area contributed by atoms with Gasteiger partial charge in [-0.25, -0.2) is 4.98 Å². The molecule has 2 N–H and O–H groups in total. The van der Waals surface area contributed by atoms with Crippen LogP contribution in [0.25, 0.3) is 0 Å². The zero-order valence-electron chi connectivity index (χ0n) is 13.1. The molecule has 0 spiro atoms. The molecule has 2 rings (SSSR count). The zero-order chi connectivity index (χ0) is 18.4. The normalized spacial score (nSPS) is 11.0. The number of rotatable bonds is 5. The maximum absolute atomic E-state index is 12.5. The highest BCUT2D eigenvalue weighted by Crippen LogP contribution is 2.29. The fourth-order valence-electron chi connectivity index (χ4n) is 1.88. The summed E-state index contributed by atoms with van der Waals surface area (Å²) in [6.07, 6.45) is -3.72. The first-order valence-electron chi connectivity index (χ1n) is 7.08. The Hall–Kier alpha value is -2.55. The van der Waals surface area contributed by atoms with Gasteiger partial charge >= 0.3 is 6.18 Å². The Bertz CT molecular complexity index is 764. The van der Waals surface area contributed by atoms with E-state index < -0.39 is 17.6 Å². The standard InChI is InChI=1S/C16H14F3N3O2S/c1-20-15(24)11-4-2-3-5-12(11)22-13(23)9-25-14-7-6-10(8-21-14)16(17,18)19/h2-8H,9H2,1H3,(H,20,24)(H,22,23). The largest absolute Gasteiger partial charge is 0.417 e. The van der Waals surface area contributed by atoms with Gasteiger partial charge in [-0.3, -0.25) is 9.59 Å². The van der Waals surface area contributed by atoms with Crippen LogP contribution in [0.2, 0.25) is 0 Å². The van der Waals surface area contributed by atoms with Crippen molar-refractivity contribution < 1.29 is 22.8 Å². The first kappa shape index (κ1) is 18.8. The Morgan fingerprint density at radius 3 is 2.48 bits per heavy atom. The number of nitrogens with one attached hydrogen (secondary N) is 2. The molecule has 1 heterocycles. The van der Waals surface area contributed by atoms with E-state index in [4.69, 9.17) is 0 Å². The Balaban J connectivity index is 1.97. The molecule has 2 aromatic rings. The number of pyridine rings is 1. The molecule has 0 fully saturated rings. The van der Waals surface area contributed by atoms with Gasteiger partial charge in [0, 0.05) is 13.2 Å². The second kappa shape index (κ2) is 8.02. The minimum atomic E-state index is -4.45. The van der Waals surface area contributed by atoms with Crippen LogP contribution in [0.3, 0.4) is 0 Å². The van der Waals surface area contributed by atoms with Crippen molar-refractivity contribution in [2.45, 2.75) is 11.2 Å². The molecule has 0 aliphatic carbocycles. The quantitative estimate of drug-likeness (QED) is 0.794. The number of para-hydroxylation sites is 1. The number of carbonyl (C=O) groups excluding carboxylic acids is 2. The van der Waals surface area contributed by atoms with Gasteiger partial charge in [-0.2, -0.15) is 13.2 Å². The van der Waals surface area contributed by atoms with Crippen LogP contribution >= 0.6 is 11.8 Å². The van der Waals surface area contributed by atoms with Gasteiger partial charge in [-0.05, 0) is 24.3 Å². The summed E-state index contributed by atoms with van der Waals surface area (Å²) in [6.45, 7) is 0. The molecule has 2 amide bonds. The SMILES string of the molecule is CNC(=O)c1ccccc1NC(=O)CSc1ccc(C(F)(F)F)cn1. The van der Waals surface area contributed by atoms with Crippen LogP contribution in [0.5, 0.6) is 0 Å². The van der Waals surface area contributed by atoms with Gasteiger partial charge in [0.2, 0.25) is 5.91 Å². The molecule has 0 aliphatic rings. The van der Waals surface area contributed by atoms with Gasteiger partial charge in [-0.15, -0.1) is 0 Å². The van der Waals surface area contributed by atoms with E-state index in [9.17, 15) is 22.8 Å². The van der Waals surface area contributed by atoms with Gasteiger partial charge in [0.1, 0.15) is 0 Å². The van der Waals surface area contributed by atoms with Crippen LogP contribution in [0, 0.1) is 0 Å². The maximum atomic E-state index is 12.5. The fraction of sp³-hybridized carbons (Fsp3) is 0.188. The number of carbonyl (C=O) groups is 2. The molecule has 1 aromatic carbocycles. The maximum Gasteiger partial charge on any atom is 0.417 e. The fourth-order valence-corrected chi connectivity index (χ4v) is 2.53. The summed E-state index contributed by atoms with van der Waals surface area (Å²) in [4.78, 5) is 27.4. The first-order valence-corrected chi connectivity index (χ1v) is 8.07. The number of amides is 2. The number of benzene rings is 1. The second-order valence-corrected chi connectivity index (χ2v) is 5.84. The molecule has 0 bridgehead atoms. The molecule has 5 nitrogen and oxygen atoms in total. The summed E-state index contributed by atoms with van der Waals surface area (Å²) in [5, 5.41) is 5.37. The van der Waals surface area contributed by atoms with Crippen LogP contribution in [-0.4, -0.2) is 29.6 Å². The average Bonchev–Trinajstić information content (AvgIpc) is 2.59.